The lowest BCUT2D eigenvalue weighted by Crippen LogP contribution is -1.90. The summed E-state index contributed by atoms with van der Waals surface area (Å²) in [4.78, 5) is 4.47. The average molecular weight is 309 g/mol. The Labute approximate surface area is 138 Å². The number of aromatic nitrogens is 1. The van der Waals surface area contributed by atoms with Gasteiger partial charge in [0.25, 0.3) is 0 Å². The van der Waals surface area contributed by atoms with Crippen LogP contribution in [0.5, 0.6) is 0 Å². The molecule has 1 heterocycles. The molecule has 0 fully saturated rings. The maximum atomic E-state index is 12.7. The molecule has 0 aliphatic rings. The predicted molar refractivity (Wildman–Crippen MR) is 97.0 cm³/mol. The van der Waals surface area contributed by atoms with Crippen LogP contribution in [0.4, 0.5) is 4.39 Å². The summed E-state index contributed by atoms with van der Waals surface area (Å²) in [7, 11) is 0. The fraction of sp³-hybridized carbons (Fsp3) is 0.286. The fourth-order valence-corrected chi connectivity index (χ4v) is 2.40. The molecule has 1 unspecified atom stereocenters. The van der Waals surface area contributed by atoms with Crippen LogP contribution in [0.1, 0.15) is 37.4 Å². The number of halogens is 1. The van der Waals surface area contributed by atoms with E-state index in [1.165, 1.54) is 5.56 Å². The molecule has 0 saturated carbocycles. The lowest BCUT2D eigenvalue weighted by molar-refractivity contribution is 0.335. The summed E-state index contributed by atoms with van der Waals surface area (Å²) in [6, 6.07) is 12.6. The molecular weight excluding hydrogens is 285 g/mol. The van der Waals surface area contributed by atoms with Crippen molar-refractivity contribution in [3.05, 3.63) is 72.6 Å². The molecule has 0 spiro atoms. The highest BCUT2D eigenvalue weighted by atomic mass is 19.1. The van der Waals surface area contributed by atoms with E-state index < -0.39 is 6.17 Å². The standard InChI is InChI=1S/C21H24FN/c1-3-7-18-10-12-19(13-11-18)20-14-15-21(23-16-20)9-6-4-5-8-17(2)22/h3,6,9-17H,1,4-5,7-8H2,2H3. The van der Waals surface area contributed by atoms with Crippen molar-refractivity contribution < 1.29 is 4.39 Å². The van der Waals surface area contributed by atoms with Gasteiger partial charge < -0.3 is 0 Å². The molecule has 0 aliphatic heterocycles. The normalized spacial score (nSPS) is 12.4. The molecule has 1 nitrogen and oxygen atoms in total. The van der Waals surface area contributed by atoms with Gasteiger partial charge in [-0.15, -0.1) is 6.58 Å². The molecule has 2 aromatic rings. The van der Waals surface area contributed by atoms with Gasteiger partial charge in [-0.1, -0.05) is 42.5 Å². The number of hydrogen-bond donors (Lipinski definition) is 0. The van der Waals surface area contributed by atoms with E-state index >= 15 is 0 Å². The molecule has 0 N–H and O–H groups in total. The third-order valence-electron chi connectivity index (χ3n) is 3.71. The van der Waals surface area contributed by atoms with Crippen LogP contribution >= 0.6 is 0 Å². The molecule has 1 atom stereocenters. The van der Waals surface area contributed by atoms with Gasteiger partial charge in [-0.05, 0) is 55.9 Å². The fourth-order valence-electron chi connectivity index (χ4n) is 2.40. The van der Waals surface area contributed by atoms with E-state index in [0.717, 1.165) is 36.1 Å². The number of hydrogen-bond acceptors (Lipinski definition) is 1. The average Bonchev–Trinajstić information content (AvgIpc) is 2.56. The van der Waals surface area contributed by atoms with E-state index in [-0.39, 0.29) is 0 Å². The molecule has 2 rings (SSSR count). The lowest BCUT2D eigenvalue weighted by atomic mass is 10.0. The maximum Gasteiger partial charge on any atom is 0.0973 e. The van der Waals surface area contributed by atoms with Crippen LogP contribution in [-0.2, 0) is 6.42 Å². The van der Waals surface area contributed by atoms with Crippen molar-refractivity contribution in [3.8, 4) is 11.1 Å². The smallest absolute Gasteiger partial charge is 0.0973 e. The Kier molecular flexibility index (Phi) is 6.74. The summed E-state index contributed by atoms with van der Waals surface area (Å²) in [6.07, 6.45) is 10.4. The first-order chi connectivity index (χ1) is 11.2. The largest absolute Gasteiger partial charge is 0.256 e. The first-order valence-corrected chi connectivity index (χ1v) is 8.16. The molecule has 0 aliphatic carbocycles. The van der Waals surface area contributed by atoms with Crippen LogP contribution in [0.15, 0.2) is 61.3 Å². The van der Waals surface area contributed by atoms with Gasteiger partial charge >= 0.3 is 0 Å². The summed E-state index contributed by atoms with van der Waals surface area (Å²) in [5, 5.41) is 0. The third kappa shape index (κ3) is 5.82. The second-order valence-electron chi connectivity index (χ2n) is 5.78. The first kappa shape index (κ1) is 17.1. The van der Waals surface area contributed by atoms with Crippen LogP contribution in [0, 0.1) is 0 Å². The number of benzene rings is 1. The Balaban J connectivity index is 1.93. The monoisotopic (exact) mass is 309 g/mol. The Morgan fingerprint density at radius 2 is 1.87 bits per heavy atom. The zero-order valence-corrected chi connectivity index (χ0v) is 13.7. The highest BCUT2D eigenvalue weighted by molar-refractivity contribution is 5.63. The zero-order chi connectivity index (χ0) is 16.5. The Hall–Kier alpha value is -2.22. The van der Waals surface area contributed by atoms with Gasteiger partial charge in [0.1, 0.15) is 0 Å². The maximum absolute atomic E-state index is 12.7. The van der Waals surface area contributed by atoms with E-state index in [4.69, 9.17) is 0 Å². The molecule has 0 saturated heterocycles. The van der Waals surface area contributed by atoms with Crippen LogP contribution in [0.2, 0.25) is 0 Å². The van der Waals surface area contributed by atoms with Crippen molar-refractivity contribution in [2.75, 3.05) is 0 Å². The minimum absolute atomic E-state index is 0.624. The second kappa shape index (κ2) is 9.04. The second-order valence-corrected chi connectivity index (χ2v) is 5.78. The number of rotatable bonds is 8. The molecular formula is C21H24FN. The van der Waals surface area contributed by atoms with Gasteiger partial charge in [0.15, 0.2) is 0 Å². The minimum Gasteiger partial charge on any atom is -0.256 e. The van der Waals surface area contributed by atoms with Crippen LogP contribution < -0.4 is 0 Å². The van der Waals surface area contributed by atoms with E-state index in [1.807, 2.05) is 24.4 Å². The third-order valence-corrected chi connectivity index (χ3v) is 3.71. The van der Waals surface area contributed by atoms with Gasteiger partial charge in [0, 0.05) is 11.8 Å². The minimum atomic E-state index is -0.710. The molecule has 0 radical (unpaired) electrons. The number of allylic oxidation sites excluding steroid dienone is 2. The molecule has 1 aromatic heterocycles. The van der Waals surface area contributed by atoms with Crippen LogP contribution in [-0.4, -0.2) is 11.2 Å². The van der Waals surface area contributed by atoms with Gasteiger partial charge in [-0.2, -0.15) is 0 Å². The Morgan fingerprint density at radius 3 is 2.48 bits per heavy atom. The number of pyridine rings is 1. The quantitative estimate of drug-likeness (QED) is 0.429. The highest BCUT2D eigenvalue weighted by Gasteiger charge is 1.99. The highest BCUT2D eigenvalue weighted by Crippen LogP contribution is 2.20. The van der Waals surface area contributed by atoms with Gasteiger partial charge in [0.2, 0.25) is 0 Å². The van der Waals surface area contributed by atoms with Crippen molar-refractivity contribution in [3.63, 3.8) is 0 Å². The Bertz CT molecular complexity index is 624. The topological polar surface area (TPSA) is 12.9 Å². The lowest BCUT2D eigenvalue weighted by Gasteiger charge is -2.03. The van der Waals surface area contributed by atoms with Gasteiger partial charge in [0.05, 0.1) is 11.9 Å². The molecule has 1 aromatic carbocycles. The van der Waals surface area contributed by atoms with Crippen molar-refractivity contribution in [2.45, 2.75) is 38.8 Å². The summed E-state index contributed by atoms with van der Waals surface area (Å²) < 4.78 is 12.7. The van der Waals surface area contributed by atoms with Crippen molar-refractivity contribution in [1.82, 2.24) is 4.98 Å². The molecule has 23 heavy (non-hydrogen) atoms. The van der Waals surface area contributed by atoms with Gasteiger partial charge in [-0.25, -0.2) is 4.39 Å². The van der Waals surface area contributed by atoms with Crippen LogP contribution in [0.25, 0.3) is 17.2 Å². The summed E-state index contributed by atoms with van der Waals surface area (Å²) in [5.74, 6) is 0. The number of alkyl halides is 1. The van der Waals surface area contributed by atoms with E-state index in [0.29, 0.717) is 6.42 Å². The number of unbranched alkanes of at least 4 members (excludes halogenated alkanes) is 1. The summed E-state index contributed by atoms with van der Waals surface area (Å²) in [6.45, 7) is 5.36. The first-order valence-electron chi connectivity index (χ1n) is 8.16. The van der Waals surface area contributed by atoms with E-state index in [1.54, 1.807) is 6.92 Å². The zero-order valence-electron chi connectivity index (χ0n) is 13.7. The van der Waals surface area contributed by atoms with Crippen molar-refractivity contribution >= 4 is 6.08 Å². The molecule has 0 bridgehead atoms. The predicted octanol–water partition coefficient (Wildman–Crippen LogP) is 6.02. The van der Waals surface area contributed by atoms with E-state index in [9.17, 15) is 4.39 Å². The van der Waals surface area contributed by atoms with E-state index in [2.05, 4.69) is 48.0 Å². The number of nitrogens with zero attached hydrogens (tertiary/aromatic N) is 1. The molecule has 120 valence electrons. The van der Waals surface area contributed by atoms with Crippen LogP contribution in [0.3, 0.4) is 0 Å². The van der Waals surface area contributed by atoms with Crippen molar-refractivity contribution in [2.24, 2.45) is 0 Å². The summed E-state index contributed by atoms with van der Waals surface area (Å²) >= 11 is 0. The molecule has 0 amide bonds. The van der Waals surface area contributed by atoms with Gasteiger partial charge in [-0.3, -0.25) is 4.98 Å². The molecule has 2 heteroatoms. The summed E-state index contributed by atoms with van der Waals surface area (Å²) in [5.41, 5.74) is 4.47. The van der Waals surface area contributed by atoms with Crippen molar-refractivity contribution in [1.29, 1.82) is 0 Å². The Morgan fingerprint density at radius 1 is 1.13 bits per heavy atom. The SMILES string of the molecule is C=CCc1ccc(-c2ccc(C=CCCCC(C)F)nc2)cc1.